The highest BCUT2D eigenvalue weighted by molar-refractivity contribution is 9.10. The van der Waals surface area contributed by atoms with E-state index in [1.165, 1.54) is 0 Å². The van der Waals surface area contributed by atoms with Gasteiger partial charge in [-0.15, -0.1) is 12.4 Å². The number of anilines is 1. The highest BCUT2D eigenvalue weighted by Crippen LogP contribution is 2.28. The van der Waals surface area contributed by atoms with Crippen LogP contribution in [0.3, 0.4) is 0 Å². The molecule has 1 fully saturated rings. The standard InChI is InChI=1S/C16H19BrN4O2.ClH/c1-23-15-5-4-11(17)9-14(15)19-16(22)13-6-8-21(20-13)12-3-2-7-18-10-12;/h4-6,8-9,12,18H,2-3,7,10H2,1H3,(H,19,22);1H. The molecule has 1 aromatic carbocycles. The number of benzene rings is 1. The van der Waals surface area contributed by atoms with Gasteiger partial charge in [-0.2, -0.15) is 5.10 Å². The summed E-state index contributed by atoms with van der Waals surface area (Å²) in [6, 6.07) is 7.52. The van der Waals surface area contributed by atoms with Crippen molar-refractivity contribution < 1.29 is 9.53 Å². The summed E-state index contributed by atoms with van der Waals surface area (Å²) in [5.41, 5.74) is 1.01. The van der Waals surface area contributed by atoms with Crippen LogP contribution in [0.1, 0.15) is 29.4 Å². The van der Waals surface area contributed by atoms with Crippen LogP contribution in [0.5, 0.6) is 5.75 Å². The fraction of sp³-hybridized carbons (Fsp3) is 0.375. The Morgan fingerprint density at radius 2 is 2.29 bits per heavy atom. The number of halogens is 2. The smallest absolute Gasteiger partial charge is 0.276 e. The highest BCUT2D eigenvalue weighted by Gasteiger charge is 2.18. The second-order valence-electron chi connectivity index (χ2n) is 5.48. The summed E-state index contributed by atoms with van der Waals surface area (Å²) in [5, 5.41) is 10.6. The fourth-order valence-corrected chi connectivity index (χ4v) is 3.05. The largest absolute Gasteiger partial charge is 0.495 e. The Morgan fingerprint density at radius 1 is 1.46 bits per heavy atom. The maximum atomic E-state index is 12.4. The van der Waals surface area contributed by atoms with Crippen molar-refractivity contribution in [1.82, 2.24) is 15.1 Å². The van der Waals surface area contributed by atoms with Crippen LogP contribution in [-0.4, -0.2) is 35.9 Å². The fourth-order valence-electron chi connectivity index (χ4n) is 2.69. The zero-order chi connectivity index (χ0) is 16.2. The zero-order valence-corrected chi connectivity index (χ0v) is 15.7. The van der Waals surface area contributed by atoms with Crippen LogP contribution >= 0.6 is 28.3 Å². The third-order valence-corrected chi connectivity index (χ3v) is 4.39. The van der Waals surface area contributed by atoms with E-state index in [-0.39, 0.29) is 18.3 Å². The van der Waals surface area contributed by atoms with Crippen LogP contribution in [0.4, 0.5) is 5.69 Å². The molecule has 2 N–H and O–H groups in total. The van der Waals surface area contributed by atoms with Gasteiger partial charge in [0.25, 0.3) is 5.91 Å². The Hall–Kier alpha value is -1.57. The molecule has 3 rings (SSSR count). The van der Waals surface area contributed by atoms with E-state index in [0.29, 0.717) is 23.2 Å². The third kappa shape index (κ3) is 4.28. The topological polar surface area (TPSA) is 68.2 Å². The minimum absolute atomic E-state index is 0. The number of rotatable bonds is 4. The summed E-state index contributed by atoms with van der Waals surface area (Å²) in [7, 11) is 1.57. The van der Waals surface area contributed by atoms with E-state index in [4.69, 9.17) is 4.74 Å². The van der Waals surface area contributed by atoms with Gasteiger partial charge < -0.3 is 15.4 Å². The Labute approximate surface area is 155 Å². The van der Waals surface area contributed by atoms with E-state index in [9.17, 15) is 4.79 Å². The second-order valence-corrected chi connectivity index (χ2v) is 6.40. The second kappa shape index (κ2) is 8.50. The number of piperidine rings is 1. The summed E-state index contributed by atoms with van der Waals surface area (Å²) in [6.07, 6.45) is 4.07. The van der Waals surface area contributed by atoms with Crippen molar-refractivity contribution in [2.75, 3.05) is 25.5 Å². The molecule has 0 bridgehead atoms. The van der Waals surface area contributed by atoms with Gasteiger partial charge in [0, 0.05) is 17.2 Å². The first-order valence-electron chi connectivity index (χ1n) is 7.58. The molecule has 24 heavy (non-hydrogen) atoms. The van der Waals surface area contributed by atoms with Crippen LogP contribution in [0, 0.1) is 0 Å². The molecule has 1 unspecified atom stereocenters. The number of nitrogens with one attached hydrogen (secondary N) is 2. The van der Waals surface area contributed by atoms with Crippen molar-refractivity contribution in [1.29, 1.82) is 0 Å². The Balaban J connectivity index is 0.00000208. The lowest BCUT2D eigenvalue weighted by Crippen LogP contribution is -2.32. The molecule has 1 aliphatic heterocycles. The van der Waals surface area contributed by atoms with Crippen molar-refractivity contribution in [3.8, 4) is 5.75 Å². The molecule has 6 nitrogen and oxygen atoms in total. The summed E-state index contributed by atoms with van der Waals surface area (Å²) < 4.78 is 8.01. The number of methoxy groups -OCH3 is 1. The molecule has 1 amide bonds. The van der Waals surface area contributed by atoms with Crippen LogP contribution in [0.25, 0.3) is 0 Å². The first-order valence-corrected chi connectivity index (χ1v) is 8.37. The average molecular weight is 416 g/mol. The first-order chi connectivity index (χ1) is 11.2. The minimum atomic E-state index is -0.246. The van der Waals surface area contributed by atoms with Gasteiger partial charge in [-0.25, -0.2) is 0 Å². The van der Waals surface area contributed by atoms with E-state index in [2.05, 4.69) is 31.7 Å². The number of carbonyl (C=O) groups excluding carboxylic acids is 1. The van der Waals surface area contributed by atoms with Crippen LogP contribution in [-0.2, 0) is 0 Å². The molecule has 0 aliphatic carbocycles. The van der Waals surface area contributed by atoms with Gasteiger partial charge in [0.15, 0.2) is 5.69 Å². The van der Waals surface area contributed by atoms with Gasteiger partial charge in [0.2, 0.25) is 0 Å². The number of ether oxygens (including phenoxy) is 1. The first kappa shape index (κ1) is 18.8. The molecule has 2 aromatic rings. The highest BCUT2D eigenvalue weighted by atomic mass is 79.9. The van der Waals surface area contributed by atoms with Crippen LogP contribution < -0.4 is 15.4 Å². The molecule has 1 aliphatic rings. The molecule has 1 atom stereocenters. The van der Waals surface area contributed by atoms with Gasteiger partial charge in [-0.1, -0.05) is 15.9 Å². The predicted molar refractivity (Wildman–Crippen MR) is 99.3 cm³/mol. The van der Waals surface area contributed by atoms with Gasteiger partial charge in [-0.05, 0) is 43.7 Å². The summed E-state index contributed by atoms with van der Waals surface area (Å²) >= 11 is 3.39. The third-order valence-electron chi connectivity index (χ3n) is 3.90. The monoisotopic (exact) mass is 414 g/mol. The van der Waals surface area contributed by atoms with E-state index >= 15 is 0 Å². The van der Waals surface area contributed by atoms with Crippen molar-refractivity contribution in [3.05, 3.63) is 40.6 Å². The normalized spacial score (nSPS) is 17.0. The van der Waals surface area contributed by atoms with Gasteiger partial charge in [0.1, 0.15) is 5.75 Å². The number of hydrogen-bond donors (Lipinski definition) is 2. The summed E-state index contributed by atoms with van der Waals surface area (Å²) in [5.74, 6) is 0.362. The zero-order valence-electron chi connectivity index (χ0n) is 13.3. The van der Waals surface area contributed by atoms with Crippen LogP contribution in [0.15, 0.2) is 34.9 Å². The summed E-state index contributed by atoms with van der Waals surface area (Å²) in [4.78, 5) is 12.4. The molecule has 8 heteroatoms. The SMILES string of the molecule is COc1ccc(Br)cc1NC(=O)c1ccn(C2CCCNC2)n1.Cl. The quantitative estimate of drug-likeness (QED) is 0.804. The molecule has 1 aromatic heterocycles. The van der Waals surface area contributed by atoms with E-state index < -0.39 is 0 Å². The molecule has 0 saturated carbocycles. The van der Waals surface area contributed by atoms with Crippen LogP contribution in [0.2, 0.25) is 0 Å². The number of amides is 1. The Morgan fingerprint density at radius 3 is 3.00 bits per heavy atom. The Kier molecular flexibility index (Phi) is 6.65. The molecule has 2 heterocycles. The van der Waals surface area contributed by atoms with Crippen molar-refractivity contribution in [3.63, 3.8) is 0 Å². The van der Waals surface area contributed by atoms with Crippen molar-refractivity contribution in [2.24, 2.45) is 0 Å². The van der Waals surface area contributed by atoms with E-state index in [1.54, 1.807) is 25.3 Å². The molecule has 0 radical (unpaired) electrons. The van der Waals surface area contributed by atoms with Gasteiger partial charge >= 0.3 is 0 Å². The lowest BCUT2D eigenvalue weighted by atomic mass is 10.1. The number of hydrogen-bond acceptors (Lipinski definition) is 4. The maximum Gasteiger partial charge on any atom is 0.276 e. The average Bonchev–Trinajstić information content (AvgIpc) is 3.06. The number of aromatic nitrogens is 2. The Bertz CT molecular complexity index is 701. The number of nitrogens with zero attached hydrogens (tertiary/aromatic N) is 2. The molecule has 0 spiro atoms. The summed E-state index contributed by atoms with van der Waals surface area (Å²) in [6.45, 7) is 1.94. The maximum absolute atomic E-state index is 12.4. The van der Waals surface area contributed by atoms with Crippen molar-refractivity contribution >= 4 is 39.9 Å². The minimum Gasteiger partial charge on any atom is -0.495 e. The molecular weight excluding hydrogens is 396 g/mol. The van der Waals surface area contributed by atoms with Gasteiger partial charge in [-0.3, -0.25) is 9.48 Å². The molecular formula is C16H20BrClN4O2. The van der Waals surface area contributed by atoms with E-state index in [1.807, 2.05) is 16.9 Å². The molecule has 130 valence electrons. The predicted octanol–water partition coefficient (Wildman–Crippen LogP) is 3.25. The molecule has 1 saturated heterocycles. The lowest BCUT2D eigenvalue weighted by molar-refractivity contribution is 0.102. The number of carbonyl (C=O) groups is 1. The van der Waals surface area contributed by atoms with E-state index in [0.717, 1.165) is 30.4 Å². The lowest BCUT2D eigenvalue weighted by Gasteiger charge is -2.22. The van der Waals surface area contributed by atoms with Gasteiger partial charge in [0.05, 0.1) is 18.8 Å². The van der Waals surface area contributed by atoms with Crippen molar-refractivity contribution in [2.45, 2.75) is 18.9 Å².